The Balaban J connectivity index is 1.57. The van der Waals surface area contributed by atoms with Crippen LogP contribution in [0.5, 0.6) is 0 Å². The standard InChI is InChI=1S/C21H23F3N2S/c1-26-12-18(23)21(25-27-14-9-10-14)19(26)11-13-5-4-7-16(20(13)24)15-6-2-3-8-17(15)22/h2-8,14,18-19,21,25H,9-12H2,1H3. The molecule has 0 amide bonds. The predicted octanol–water partition coefficient (Wildman–Crippen LogP) is 4.60. The SMILES string of the molecule is CN1CC(F)C(NSC2CC2)C1Cc1cccc(-c2ccccc2F)c1F. The molecule has 0 aromatic heterocycles. The minimum Gasteiger partial charge on any atom is -0.298 e. The van der Waals surface area contributed by atoms with Crippen LogP contribution in [-0.4, -0.2) is 42.0 Å². The van der Waals surface area contributed by atoms with Crippen LogP contribution in [0.2, 0.25) is 0 Å². The van der Waals surface area contributed by atoms with E-state index < -0.39 is 17.8 Å². The second-order valence-electron chi connectivity index (χ2n) is 7.45. The molecule has 1 heterocycles. The van der Waals surface area contributed by atoms with Gasteiger partial charge in [0.25, 0.3) is 0 Å². The fourth-order valence-electron chi connectivity index (χ4n) is 3.69. The first kappa shape index (κ1) is 18.8. The summed E-state index contributed by atoms with van der Waals surface area (Å²) in [5, 5.41) is 0.574. The second kappa shape index (κ2) is 7.86. The molecule has 2 aliphatic rings. The molecular weight excluding hydrogens is 369 g/mol. The van der Waals surface area contributed by atoms with Gasteiger partial charge in [-0.25, -0.2) is 13.2 Å². The summed E-state index contributed by atoms with van der Waals surface area (Å²) in [6, 6.07) is 10.7. The Labute approximate surface area is 162 Å². The largest absolute Gasteiger partial charge is 0.298 e. The Kier molecular flexibility index (Phi) is 5.48. The molecule has 3 atom stereocenters. The number of hydrogen-bond acceptors (Lipinski definition) is 3. The number of rotatable bonds is 6. The lowest BCUT2D eigenvalue weighted by atomic mass is 9.95. The van der Waals surface area contributed by atoms with E-state index in [2.05, 4.69) is 4.72 Å². The average molecular weight is 392 g/mol. The summed E-state index contributed by atoms with van der Waals surface area (Å²) in [6.07, 6.45) is 1.74. The number of benzene rings is 2. The minimum absolute atomic E-state index is 0.142. The highest BCUT2D eigenvalue weighted by atomic mass is 32.2. The summed E-state index contributed by atoms with van der Waals surface area (Å²) in [4.78, 5) is 1.95. The molecule has 1 aliphatic carbocycles. The van der Waals surface area contributed by atoms with Crippen molar-refractivity contribution in [1.82, 2.24) is 9.62 Å². The zero-order valence-corrected chi connectivity index (χ0v) is 16.0. The Hall–Kier alpha value is -1.50. The lowest BCUT2D eigenvalue weighted by Gasteiger charge is -2.26. The molecule has 2 aromatic carbocycles. The Morgan fingerprint density at radius 3 is 2.56 bits per heavy atom. The molecule has 2 nitrogen and oxygen atoms in total. The third-order valence-corrected chi connectivity index (χ3v) is 6.61. The van der Waals surface area contributed by atoms with Gasteiger partial charge in [0.2, 0.25) is 0 Å². The molecule has 0 bridgehead atoms. The highest BCUT2D eigenvalue weighted by molar-refractivity contribution is 7.98. The molecule has 4 rings (SSSR count). The van der Waals surface area contributed by atoms with Gasteiger partial charge in [-0.05, 0) is 37.9 Å². The Bertz CT molecular complexity index is 812. The minimum atomic E-state index is -0.982. The van der Waals surface area contributed by atoms with Crippen molar-refractivity contribution < 1.29 is 13.2 Å². The Morgan fingerprint density at radius 2 is 1.81 bits per heavy atom. The van der Waals surface area contributed by atoms with Gasteiger partial charge < -0.3 is 0 Å². The molecule has 3 unspecified atom stereocenters. The van der Waals surface area contributed by atoms with E-state index in [0.29, 0.717) is 23.8 Å². The van der Waals surface area contributed by atoms with Crippen molar-refractivity contribution in [1.29, 1.82) is 0 Å². The van der Waals surface area contributed by atoms with Crippen LogP contribution in [0.3, 0.4) is 0 Å². The smallest absolute Gasteiger partial charge is 0.134 e. The number of alkyl halides is 1. The topological polar surface area (TPSA) is 15.3 Å². The molecule has 1 saturated heterocycles. The van der Waals surface area contributed by atoms with E-state index in [1.165, 1.54) is 18.9 Å². The third kappa shape index (κ3) is 4.03. The van der Waals surface area contributed by atoms with Crippen molar-refractivity contribution in [3.8, 4) is 11.1 Å². The lowest BCUT2D eigenvalue weighted by Crippen LogP contribution is -2.43. The van der Waals surface area contributed by atoms with E-state index in [1.54, 1.807) is 48.3 Å². The number of likely N-dealkylation sites (N-methyl/N-ethyl adjacent to an activating group) is 1. The quantitative estimate of drug-likeness (QED) is 0.724. The zero-order chi connectivity index (χ0) is 19.0. The first-order chi connectivity index (χ1) is 13.0. The molecule has 2 fully saturated rings. The third-order valence-electron chi connectivity index (χ3n) is 5.40. The van der Waals surface area contributed by atoms with Crippen molar-refractivity contribution in [3.05, 3.63) is 59.7 Å². The van der Waals surface area contributed by atoms with Crippen molar-refractivity contribution in [2.45, 2.75) is 42.8 Å². The maximum atomic E-state index is 15.2. The second-order valence-corrected chi connectivity index (χ2v) is 8.58. The van der Waals surface area contributed by atoms with Crippen LogP contribution in [-0.2, 0) is 6.42 Å². The maximum absolute atomic E-state index is 15.2. The molecule has 144 valence electrons. The van der Waals surface area contributed by atoms with Crippen molar-refractivity contribution in [2.75, 3.05) is 13.6 Å². The molecule has 0 spiro atoms. The van der Waals surface area contributed by atoms with Crippen LogP contribution in [0.1, 0.15) is 18.4 Å². The molecular formula is C21H23F3N2S. The van der Waals surface area contributed by atoms with Gasteiger partial charge in [-0.3, -0.25) is 9.62 Å². The van der Waals surface area contributed by atoms with E-state index in [9.17, 15) is 8.78 Å². The molecule has 2 aromatic rings. The van der Waals surface area contributed by atoms with E-state index in [0.717, 1.165) is 0 Å². The molecule has 0 radical (unpaired) electrons. The summed E-state index contributed by atoms with van der Waals surface area (Å²) in [6.45, 7) is 0.335. The highest BCUT2D eigenvalue weighted by Gasteiger charge is 2.41. The number of nitrogens with zero attached hydrogens (tertiary/aromatic N) is 1. The van der Waals surface area contributed by atoms with Crippen molar-refractivity contribution in [2.24, 2.45) is 0 Å². The number of hydrogen-bond donors (Lipinski definition) is 1. The summed E-state index contributed by atoms with van der Waals surface area (Å²) in [7, 11) is 1.87. The molecule has 1 saturated carbocycles. The fraction of sp³-hybridized carbons (Fsp3) is 0.429. The monoisotopic (exact) mass is 392 g/mol. The average Bonchev–Trinajstić information content (AvgIpc) is 3.43. The van der Waals surface area contributed by atoms with Gasteiger partial charge in [0.05, 0.1) is 6.04 Å². The van der Waals surface area contributed by atoms with Gasteiger partial charge in [0.15, 0.2) is 0 Å². The fourth-order valence-corrected chi connectivity index (χ4v) is 4.71. The van der Waals surface area contributed by atoms with Gasteiger partial charge in [-0.1, -0.05) is 48.3 Å². The molecule has 1 aliphatic heterocycles. The molecule has 6 heteroatoms. The van der Waals surface area contributed by atoms with Gasteiger partial charge in [0, 0.05) is 29.0 Å². The van der Waals surface area contributed by atoms with Crippen molar-refractivity contribution >= 4 is 11.9 Å². The summed E-state index contributed by atoms with van der Waals surface area (Å²) in [5.74, 6) is -0.873. The molecule has 27 heavy (non-hydrogen) atoms. The number of nitrogens with one attached hydrogen (secondary N) is 1. The van der Waals surface area contributed by atoms with Crippen LogP contribution < -0.4 is 4.72 Å². The maximum Gasteiger partial charge on any atom is 0.134 e. The van der Waals surface area contributed by atoms with Gasteiger partial charge in [0.1, 0.15) is 17.8 Å². The highest BCUT2D eigenvalue weighted by Crippen LogP contribution is 2.35. The van der Waals surface area contributed by atoms with Crippen molar-refractivity contribution in [3.63, 3.8) is 0 Å². The van der Waals surface area contributed by atoms with Crippen LogP contribution in [0.4, 0.5) is 13.2 Å². The molecule has 1 N–H and O–H groups in total. The Morgan fingerprint density at radius 1 is 1.07 bits per heavy atom. The van der Waals surface area contributed by atoms with Gasteiger partial charge >= 0.3 is 0 Å². The van der Waals surface area contributed by atoms with Crippen LogP contribution in [0.15, 0.2) is 42.5 Å². The van der Waals surface area contributed by atoms with E-state index in [1.807, 2.05) is 11.9 Å². The van der Waals surface area contributed by atoms with Crippen LogP contribution >= 0.6 is 11.9 Å². The summed E-state index contributed by atoms with van der Waals surface area (Å²) in [5.41, 5.74) is 0.990. The summed E-state index contributed by atoms with van der Waals surface area (Å²) < 4.78 is 47.1. The zero-order valence-electron chi connectivity index (χ0n) is 15.2. The lowest BCUT2D eigenvalue weighted by molar-refractivity contribution is 0.289. The number of likely N-dealkylation sites (tertiary alicyclic amines) is 1. The normalized spacial score (nSPS) is 25.9. The number of halogens is 3. The van der Waals surface area contributed by atoms with Gasteiger partial charge in [-0.2, -0.15) is 0 Å². The van der Waals surface area contributed by atoms with Gasteiger partial charge in [-0.15, -0.1) is 0 Å². The first-order valence-electron chi connectivity index (χ1n) is 9.32. The van der Waals surface area contributed by atoms with E-state index in [-0.39, 0.29) is 23.2 Å². The van der Waals surface area contributed by atoms with E-state index in [4.69, 9.17) is 0 Å². The predicted molar refractivity (Wildman–Crippen MR) is 104 cm³/mol. The van der Waals surface area contributed by atoms with Crippen LogP contribution in [0, 0.1) is 11.6 Å². The first-order valence-corrected chi connectivity index (χ1v) is 10.2. The van der Waals surface area contributed by atoms with E-state index >= 15 is 4.39 Å². The summed E-state index contributed by atoms with van der Waals surface area (Å²) >= 11 is 1.61. The van der Waals surface area contributed by atoms with Crippen LogP contribution in [0.25, 0.3) is 11.1 Å².